The van der Waals surface area contributed by atoms with Crippen LogP contribution in [0.3, 0.4) is 0 Å². The Bertz CT molecular complexity index is 282. The lowest BCUT2D eigenvalue weighted by Crippen LogP contribution is -2.39. The van der Waals surface area contributed by atoms with Crippen molar-refractivity contribution in [3.63, 3.8) is 0 Å². The van der Waals surface area contributed by atoms with Crippen LogP contribution in [0.4, 0.5) is 0 Å². The van der Waals surface area contributed by atoms with Gasteiger partial charge in [-0.3, -0.25) is 0 Å². The summed E-state index contributed by atoms with van der Waals surface area (Å²) in [6.07, 6.45) is 8.27. The zero-order chi connectivity index (χ0) is 8.34. The molecule has 0 aromatic rings. The molecule has 0 aromatic carbocycles. The third kappa shape index (κ3) is 0.560. The second kappa shape index (κ2) is 1.83. The number of aliphatic hydroxyl groups is 2. The summed E-state index contributed by atoms with van der Waals surface area (Å²) in [5, 5.41) is 19.8. The molecule has 0 saturated heterocycles. The van der Waals surface area contributed by atoms with E-state index in [0.717, 1.165) is 6.42 Å². The van der Waals surface area contributed by atoms with Gasteiger partial charge in [0, 0.05) is 11.8 Å². The Morgan fingerprint density at radius 1 is 1.25 bits per heavy atom. The van der Waals surface area contributed by atoms with Gasteiger partial charge in [0.2, 0.25) is 0 Å². The molecule has 5 atom stereocenters. The topological polar surface area (TPSA) is 40.5 Å². The summed E-state index contributed by atoms with van der Waals surface area (Å²) in [4.78, 5) is 0. The zero-order valence-corrected chi connectivity index (χ0v) is 6.72. The van der Waals surface area contributed by atoms with Crippen molar-refractivity contribution in [1.82, 2.24) is 0 Å². The van der Waals surface area contributed by atoms with E-state index < -0.39 is 5.60 Å². The van der Waals surface area contributed by atoms with Crippen LogP contribution in [0.5, 0.6) is 0 Å². The highest BCUT2D eigenvalue weighted by Crippen LogP contribution is 2.55. The summed E-state index contributed by atoms with van der Waals surface area (Å²) in [6, 6.07) is 0. The summed E-state index contributed by atoms with van der Waals surface area (Å²) in [7, 11) is 0. The summed E-state index contributed by atoms with van der Waals surface area (Å²) < 4.78 is 0. The van der Waals surface area contributed by atoms with E-state index in [9.17, 15) is 10.2 Å². The molecule has 4 bridgehead atoms. The van der Waals surface area contributed by atoms with E-state index in [4.69, 9.17) is 0 Å². The Hall–Kier alpha value is -0.600. The van der Waals surface area contributed by atoms with Crippen molar-refractivity contribution in [2.45, 2.75) is 18.1 Å². The molecular weight excluding hydrogens is 152 g/mol. The minimum Gasteiger partial charge on any atom is -0.389 e. The fourth-order valence-electron chi connectivity index (χ4n) is 2.98. The van der Waals surface area contributed by atoms with Crippen LogP contribution >= 0.6 is 0 Å². The minimum absolute atomic E-state index is 0.169. The fraction of sp³-hybridized carbons (Fsp3) is 0.600. The van der Waals surface area contributed by atoms with Crippen LogP contribution in [0.1, 0.15) is 6.42 Å². The van der Waals surface area contributed by atoms with E-state index in [2.05, 4.69) is 12.2 Å². The molecule has 0 amide bonds. The largest absolute Gasteiger partial charge is 0.389 e. The van der Waals surface area contributed by atoms with Crippen LogP contribution in [0.15, 0.2) is 24.3 Å². The Labute approximate surface area is 71.2 Å². The minimum atomic E-state index is -0.649. The molecule has 1 saturated carbocycles. The maximum Gasteiger partial charge on any atom is 0.0956 e. The molecule has 0 spiro atoms. The van der Waals surface area contributed by atoms with Gasteiger partial charge in [-0.15, -0.1) is 0 Å². The molecule has 5 unspecified atom stereocenters. The van der Waals surface area contributed by atoms with E-state index in [1.807, 2.05) is 0 Å². The predicted molar refractivity (Wildman–Crippen MR) is 44.3 cm³/mol. The lowest BCUT2D eigenvalue weighted by Gasteiger charge is -2.31. The van der Waals surface area contributed by atoms with Crippen molar-refractivity contribution in [3.05, 3.63) is 24.3 Å². The quantitative estimate of drug-likeness (QED) is 0.511. The van der Waals surface area contributed by atoms with Crippen molar-refractivity contribution >= 4 is 0 Å². The van der Waals surface area contributed by atoms with Crippen LogP contribution in [-0.4, -0.2) is 21.9 Å². The van der Waals surface area contributed by atoms with Crippen LogP contribution < -0.4 is 0 Å². The lowest BCUT2D eigenvalue weighted by atomic mass is 9.80. The molecule has 0 aromatic heterocycles. The second-order valence-corrected chi connectivity index (χ2v) is 4.15. The molecule has 3 aliphatic rings. The van der Waals surface area contributed by atoms with E-state index in [1.54, 1.807) is 12.2 Å². The number of rotatable bonds is 0. The zero-order valence-electron chi connectivity index (χ0n) is 6.72. The summed E-state index contributed by atoms with van der Waals surface area (Å²) in [5.41, 5.74) is -0.649. The summed E-state index contributed by atoms with van der Waals surface area (Å²) in [6.45, 7) is 0. The highest BCUT2D eigenvalue weighted by molar-refractivity contribution is 5.33. The van der Waals surface area contributed by atoms with Gasteiger partial charge in [-0.25, -0.2) is 0 Å². The number of aliphatic hydroxyl groups excluding tert-OH is 1. The van der Waals surface area contributed by atoms with Crippen molar-refractivity contribution in [2.24, 2.45) is 17.8 Å². The molecule has 2 N–H and O–H groups in total. The molecule has 12 heavy (non-hydrogen) atoms. The van der Waals surface area contributed by atoms with Gasteiger partial charge in [0.25, 0.3) is 0 Å². The molecule has 64 valence electrons. The Morgan fingerprint density at radius 3 is 2.83 bits per heavy atom. The average Bonchev–Trinajstić information content (AvgIpc) is 2.50. The van der Waals surface area contributed by atoms with Crippen LogP contribution in [0.25, 0.3) is 0 Å². The molecule has 0 aliphatic heterocycles. The highest BCUT2D eigenvalue weighted by atomic mass is 16.3. The normalized spacial score (nSPS) is 59.8. The first-order valence-electron chi connectivity index (χ1n) is 4.50. The smallest absolute Gasteiger partial charge is 0.0956 e. The SMILES string of the molecule is OC1C=CC2(O)C3C=CC2C1C3. The average molecular weight is 164 g/mol. The molecular formula is C10H12O2. The third-order valence-corrected chi connectivity index (χ3v) is 3.67. The first-order chi connectivity index (χ1) is 5.72. The van der Waals surface area contributed by atoms with Gasteiger partial charge >= 0.3 is 0 Å². The van der Waals surface area contributed by atoms with Crippen LogP contribution in [-0.2, 0) is 0 Å². The van der Waals surface area contributed by atoms with E-state index in [1.165, 1.54) is 0 Å². The van der Waals surface area contributed by atoms with Crippen LogP contribution in [0, 0.1) is 17.8 Å². The first-order valence-corrected chi connectivity index (χ1v) is 4.50. The molecule has 3 aliphatic carbocycles. The second-order valence-electron chi connectivity index (χ2n) is 4.15. The molecule has 3 rings (SSSR count). The Kier molecular flexibility index (Phi) is 1.05. The van der Waals surface area contributed by atoms with Gasteiger partial charge in [-0.05, 0) is 12.3 Å². The maximum atomic E-state index is 10.2. The Balaban J connectivity index is 2.13. The van der Waals surface area contributed by atoms with Gasteiger partial charge in [0.05, 0.1) is 11.7 Å². The van der Waals surface area contributed by atoms with Crippen molar-refractivity contribution < 1.29 is 10.2 Å². The molecule has 1 fully saturated rings. The number of hydrogen-bond acceptors (Lipinski definition) is 2. The molecule has 0 radical (unpaired) electrons. The fourth-order valence-corrected chi connectivity index (χ4v) is 2.98. The van der Waals surface area contributed by atoms with E-state index >= 15 is 0 Å². The monoisotopic (exact) mass is 164 g/mol. The molecule has 2 heteroatoms. The van der Waals surface area contributed by atoms with Crippen LogP contribution in [0.2, 0.25) is 0 Å². The first kappa shape index (κ1) is 6.87. The number of hydrogen-bond donors (Lipinski definition) is 2. The lowest BCUT2D eigenvalue weighted by molar-refractivity contribution is 0.0219. The third-order valence-electron chi connectivity index (χ3n) is 3.67. The van der Waals surface area contributed by atoms with Crippen molar-refractivity contribution in [3.8, 4) is 0 Å². The van der Waals surface area contributed by atoms with Gasteiger partial charge in [0.1, 0.15) is 0 Å². The van der Waals surface area contributed by atoms with Gasteiger partial charge < -0.3 is 10.2 Å². The van der Waals surface area contributed by atoms with E-state index in [0.29, 0.717) is 0 Å². The van der Waals surface area contributed by atoms with Crippen molar-refractivity contribution in [1.29, 1.82) is 0 Å². The molecule has 0 heterocycles. The highest BCUT2D eigenvalue weighted by Gasteiger charge is 2.57. The van der Waals surface area contributed by atoms with Gasteiger partial charge in [-0.2, -0.15) is 0 Å². The standard InChI is InChI=1S/C10H12O2/c11-9-3-4-10(12)6-1-2-8(10)7(9)5-6/h1-4,6-9,11-12H,5H2. The van der Waals surface area contributed by atoms with E-state index in [-0.39, 0.29) is 23.9 Å². The summed E-state index contributed by atoms with van der Waals surface area (Å²) >= 11 is 0. The van der Waals surface area contributed by atoms with Gasteiger partial charge in [-0.1, -0.05) is 24.3 Å². The van der Waals surface area contributed by atoms with Crippen molar-refractivity contribution in [2.75, 3.05) is 0 Å². The molecule has 2 nitrogen and oxygen atoms in total. The van der Waals surface area contributed by atoms with Gasteiger partial charge in [0.15, 0.2) is 0 Å². The maximum absolute atomic E-state index is 10.2. The Morgan fingerprint density at radius 2 is 2.08 bits per heavy atom. The summed E-state index contributed by atoms with van der Waals surface area (Å²) in [5.74, 6) is 0.679. The predicted octanol–water partition coefficient (Wildman–Crippen LogP) is 0.470.